The Hall–Kier alpha value is -6.49. The lowest BCUT2D eigenvalue weighted by Crippen LogP contribution is -2.49. The van der Waals surface area contributed by atoms with E-state index >= 15 is 8.78 Å². The van der Waals surface area contributed by atoms with Crippen LogP contribution in [-0.2, 0) is 19.8 Å². The summed E-state index contributed by atoms with van der Waals surface area (Å²) >= 11 is 0. The van der Waals surface area contributed by atoms with Gasteiger partial charge in [-0.2, -0.15) is 18.0 Å². The van der Waals surface area contributed by atoms with Gasteiger partial charge in [-0.05, 0) is 104 Å². The molecule has 9 rings (SSSR count). The fourth-order valence-corrected chi connectivity index (χ4v) is 10.5. The maximum Gasteiger partial charge on any atom is 0.301 e. The third-order valence-corrected chi connectivity index (χ3v) is 14.3. The first-order chi connectivity index (χ1) is 31.3. The van der Waals surface area contributed by atoms with Gasteiger partial charge in [0, 0.05) is 71.0 Å². The highest BCUT2D eigenvalue weighted by Gasteiger charge is 2.33. The molecule has 4 fully saturated rings. The summed E-state index contributed by atoms with van der Waals surface area (Å²) < 4.78 is 80.4. The summed E-state index contributed by atoms with van der Waals surface area (Å²) in [6.45, 7) is 5.49. The van der Waals surface area contributed by atoms with Crippen molar-refractivity contribution in [2.45, 2.75) is 44.2 Å². The van der Waals surface area contributed by atoms with E-state index in [4.69, 9.17) is 4.74 Å². The molecular weight excluding hydrogens is 864 g/mol. The number of carbonyl (C=O) groups excluding carboxylic acids is 2. The van der Waals surface area contributed by atoms with Gasteiger partial charge in [0.2, 0.25) is 11.8 Å². The lowest BCUT2D eigenvalue weighted by molar-refractivity contribution is -0.134. The molecular formula is C46H46F3N9O6S. The molecule has 2 amide bonds. The number of nitrogens with one attached hydrogen (secondary N) is 2. The van der Waals surface area contributed by atoms with Crippen LogP contribution >= 0.6 is 0 Å². The van der Waals surface area contributed by atoms with E-state index in [0.717, 1.165) is 80.8 Å². The summed E-state index contributed by atoms with van der Waals surface area (Å²) in [5, 5.41) is 12.5. The number of piperidine rings is 2. The van der Waals surface area contributed by atoms with E-state index in [9.17, 15) is 32.5 Å². The quantitative estimate of drug-likeness (QED) is 0.158. The van der Waals surface area contributed by atoms with Crippen LogP contribution in [0.3, 0.4) is 0 Å². The molecule has 15 nitrogen and oxygen atoms in total. The lowest BCUT2D eigenvalue weighted by Gasteiger charge is -2.40. The monoisotopic (exact) mass is 909 g/mol. The van der Waals surface area contributed by atoms with Crippen molar-refractivity contribution in [1.82, 2.24) is 24.1 Å². The molecule has 5 heterocycles. The first-order valence-corrected chi connectivity index (χ1v) is 23.1. The van der Waals surface area contributed by atoms with Crippen molar-refractivity contribution < 1.29 is 35.9 Å². The van der Waals surface area contributed by atoms with Crippen molar-refractivity contribution in [3.05, 3.63) is 112 Å². The number of alkyl halides is 1. The van der Waals surface area contributed by atoms with Crippen LogP contribution in [0.1, 0.15) is 49.1 Å². The van der Waals surface area contributed by atoms with Crippen LogP contribution in [0.2, 0.25) is 0 Å². The second-order valence-electron chi connectivity index (χ2n) is 16.9. The number of amides is 2. The second-order valence-corrected chi connectivity index (χ2v) is 18.6. The minimum Gasteiger partial charge on any atom is -0.453 e. The van der Waals surface area contributed by atoms with Crippen LogP contribution < -0.4 is 30.1 Å². The summed E-state index contributed by atoms with van der Waals surface area (Å²) in [5.41, 5.74) is 1.97. The Morgan fingerprint density at radius 3 is 2.28 bits per heavy atom. The van der Waals surface area contributed by atoms with Crippen molar-refractivity contribution in [1.29, 1.82) is 5.26 Å². The molecule has 0 radical (unpaired) electrons. The van der Waals surface area contributed by atoms with Crippen molar-refractivity contribution in [3.63, 3.8) is 0 Å². The number of anilines is 3. The SMILES string of the molecule is N#Cc1c(NS(=O)(=O)N2CCC(F)C2)ccc(F)c1Oc1ccc2ncn(-c3ccc(N4CCN(CC5CCN(c6ccc([C@H]7CCC(=O)NC7=O)cc6F)CC5)CC4)cc3)c(=O)c2c1. The van der Waals surface area contributed by atoms with E-state index < -0.39 is 45.0 Å². The average molecular weight is 910 g/mol. The summed E-state index contributed by atoms with van der Waals surface area (Å²) in [6, 6.07) is 20.8. The number of carbonyl (C=O) groups is 2. The highest BCUT2D eigenvalue weighted by atomic mass is 32.2. The van der Waals surface area contributed by atoms with Gasteiger partial charge in [-0.3, -0.25) is 33.9 Å². The minimum atomic E-state index is -4.24. The number of benzene rings is 4. The smallest absolute Gasteiger partial charge is 0.301 e. The van der Waals surface area contributed by atoms with Crippen molar-refractivity contribution in [3.8, 4) is 23.3 Å². The van der Waals surface area contributed by atoms with Crippen LogP contribution in [0.25, 0.3) is 16.6 Å². The zero-order chi connectivity index (χ0) is 45.4. The maximum atomic E-state index is 15.3. The van der Waals surface area contributed by atoms with Gasteiger partial charge in [0.25, 0.3) is 5.56 Å². The molecule has 1 unspecified atom stereocenters. The molecule has 4 aromatic carbocycles. The van der Waals surface area contributed by atoms with Crippen LogP contribution in [0, 0.1) is 28.9 Å². The molecule has 4 aliphatic rings. The molecule has 338 valence electrons. The fourth-order valence-electron chi connectivity index (χ4n) is 9.17. The van der Waals surface area contributed by atoms with E-state index in [-0.39, 0.29) is 60.4 Å². The number of fused-ring (bicyclic) bond motifs is 1. The Morgan fingerprint density at radius 1 is 0.831 bits per heavy atom. The lowest BCUT2D eigenvalue weighted by atomic mass is 9.90. The van der Waals surface area contributed by atoms with Crippen LogP contribution in [0.4, 0.5) is 30.2 Å². The second kappa shape index (κ2) is 18.2. The summed E-state index contributed by atoms with van der Waals surface area (Å²) in [7, 11) is -4.24. The number of ether oxygens (including phenoxy) is 1. The number of hydrogen-bond donors (Lipinski definition) is 2. The molecule has 4 aliphatic heterocycles. The number of piperazine rings is 1. The van der Waals surface area contributed by atoms with Gasteiger partial charge in [0.1, 0.15) is 35.7 Å². The minimum absolute atomic E-state index is 0.00959. The Kier molecular flexibility index (Phi) is 12.2. The van der Waals surface area contributed by atoms with Gasteiger partial charge in [-0.1, -0.05) is 6.07 Å². The maximum absolute atomic E-state index is 15.3. The molecule has 4 saturated heterocycles. The predicted octanol–water partition coefficient (Wildman–Crippen LogP) is 5.59. The molecule has 2 atom stereocenters. The zero-order valence-corrected chi connectivity index (χ0v) is 36.1. The normalized spacial score (nSPS) is 20.2. The molecule has 0 aliphatic carbocycles. The first kappa shape index (κ1) is 43.7. The third-order valence-electron chi connectivity index (χ3n) is 12.8. The molecule has 19 heteroatoms. The number of imide groups is 1. The number of hydrogen-bond acceptors (Lipinski definition) is 11. The molecule has 0 saturated carbocycles. The molecule has 1 aromatic heterocycles. The predicted molar refractivity (Wildman–Crippen MR) is 237 cm³/mol. The van der Waals surface area contributed by atoms with Gasteiger partial charge in [0.15, 0.2) is 11.6 Å². The summed E-state index contributed by atoms with van der Waals surface area (Å²) in [6.07, 6.45) is 2.66. The molecule has 65 heavy (non-hydrogen) atoms. The summed E-state index contributed by atoms with van der Waals surface area (Å²) in [4.78, 5) is 49.0. The van der Waals surface area contributed by atoms with Gasteiger partial charge in [-0.15, -0.1) is 0 Å². The third kappa shape index (κ3) is 9.24. The van der Waals surface area contributed by atoms with Crippen LogP contribution in [-0.4, -0.2) is 104 Å². The van der Waals surface area contributed by atoms with Crippen LogP contribution in [0.5, 0.6) is 11.5 Å². The van der Waals surface area contributed by atoms with E-state index in [1.165, 1.54) is 35.2 Å². The average Bonchev–Trinajstić information content (AvgIpc) is 3.76. The highest BCUT2D eigenvalue weighted by molar-refractivity contribution is 7.90. The van der Waals surface area contributed by atoms with Crippen molar-refractivity contribution >= 4 is 50.0 Å². The van der Waals surface area contributed by atoms with E-state index in [0.29, 0.717) is 34.8 Å². The van der Waals surface area contributed by atoms with E-state index in [1.807, 2.05) is 24.3 Å². The largest absolute Gasteiger partial charge is 0.453 e. The number of rotatable bonds is 11. The Bertz CT molecular complexity index is 2860. The first-order valence-electron chi connectivity index (χ1n) is 21.6. The van der Waals surface area contributed by atoms with Gasteiger partial charge in [-0.25, -0.2) is 18.2 Å². The Balaban J connectivity index is 0.798. The van der Waals surface area contributed by atoms with Crippen molar-refractivity contribution in [2.24, 2.45) is 5.92 Å². The number of aromatic nitrogens is 2. The molecule has 0 bridgehead atoms. The standard InChI is InChI=1S/C46H46F3N9O6S/c47-31-15-18-57(27-31)65(62,63)53-41-10-8-38(48)44(37(41)25-50)64-34-6-9-40-36(24-34)46(61)58(28-51-40)33-4-2-32(3-5-33)55-21-19-54(20-22-55)26-29-13-16-56(17-14-29)42-11-1-30(23-39(42)49)35-7-12-43(59)52-45(35)60/h1-6,8-11,23-24,28-29,31,35,53H,7,12-22,26-27H2,(H,52,59,60)/t31?,35-/m1/s1. The molecule has 2 N–H and O–H groups in total. The Labute approximate surface area is 373 Å². The van der Waals surface area contributed by atoms with Crippen LogP contribution in [0.15, 0.2) is 83.9 Å². The fraction of sp³-hybridized carbons (Fsp3) is 0.370. The van der Waals surface area contributed by atoms with E-state index in [1.54, 1.807) is 18.2 Å². The Morgan fingerprint density at radius 2 is 1.58 bits per heavy atom. The van der Waals surface area contributed by atoms with Crippen molar-refractivity contribution in [2.75, 3.05) is 73.4 Å². The zero-order valence-electron chi connectivity index (χ0n) is 35.3. The van der Waals surface area contributed by atoms with Gasteiger partial charge in [0.05, 0.1) is 33.9 Å². The molecule has 5 aromatic rings. The number of nitrogens with zero attached hydrogens (tertiary/aromatic N) is 7. The van der Waals surface area contributed by atoms with Gasteiger partial charge < -0.3 is 14.5 Å². The molecule has 0 spiro atoms. The van der Waals surface area contributed by atoms with E-state index in [2.05, 4.69) is 29.7 Å². The highest BCUT2D eigenvalue weighted by Crippen LogP contribution is 2.36. The number of nitriles is 1. The number of halogens is 3. The summed E-state index contributed by atoms with van der Waals surface area (Å²) in [5.74, 6) is -2.53. The topological polar surface area (TPSA) is 173 Å². The van der Waals surface area contributed by atoms with Gasteiger partial charge >= 0.3 is 10.2 Å².